The van der Waals surface area contributed by atoms with Crippen molar-refractivity contribution in [3.63, 3.8) is 0 Å². The normalized spacial score (nSPS) is 13.6. The first kappa shape index (κ1) is 19.4. The molecule has 0 spiro atoms. The molecule has 0 aromatic heterocycles. The van der Waals surface area contributed by atoms with Crippen molar-refractivity contribution >= 4 is 5.96 Å². The Bertz CT molecular complexity index is 797. The second-order valence-electron chi connectivity index (χ2n) is 6.11. The van der Waals surface area contributed by atoms with Gasteiger partial charge in [-0.2, -0.15) is 5.26 Å². The van der Waals surface area contributed by atoms with Crippen LogP contribution in [0.1, 0.15) is 30.5 Å². The molecule has 1 atom stereocenters. The number of rotatable bonds is 6. The lowest BCUT2D eigenvalue weighted by Crippen LogP contribution is -2.44. The zero-order chi connectivity index (χ0) is 19.0. The molecule has 5 nitrogen and oxygen atoms in total. The van der Waals surface area contributed by atoms with E-state index in [9.17, 15) is 9.50 Å². The molecule has 2 rings (SSSR count). The summed E-state index contributed by atoms with van der Waals surface area (Å²) >= 11 is 0. The van der Waals surface area contributed by atoms with Crippen molar-refractivity contribution in [3.05, 3.63) is 71.0 Å². The van der Waals surface area contributed by atoms with Crippen molar-refractivity contribution in [2.45, 2.75) is 26.0 Å². The van der Waals surface area contributed by atoms with Crippen LogP contribution in [-0.2, 0) is 12.1 Å². The summed E-state index contributed by atoms with van der Waals surface area (Å²) in [5.74, 6) is 0.0207. The molecular formula is C20H23FN4O. The lowest BCUT2D eigenvalue weighted by atomic mass is 9.96. The van der Waals surface area contributed by atoms with Gasteiger partial charge < -0.3 is 15.7 Å². The Morgan fingerprint density at radius 3 is 2.58 bits per heavy atom. The highest BCUT2D eigenvalue weighted by molar-refractivity contribution is 5.79. The minimum Gasteiger partial charge on any atom is -0.384 e. The van der Waals surface area contributed by atoms with E-state index in [0.717, 1.165) is 5.56 Å². The highest BCUT2D eigenvalue weighted by Gasteiger charge is 2.22. The van der Waals surface area contributed by atoms with Crippen LogP contribution in [0.15, 0.2) is 53.5 Å². The fourth-order valence-electron chi connectivity index (χ4n) is 2.41. The van der Waals surface area contributed by atoms with Crippen molar-refractivity contribution in [1.29, 1.82) is 5.26 Å². The van der Waals surface area contributed by atoms with Gasteiger partial charge >= 0.3 is 0 Å². The fourth-order valence-corrected chi connectivity index (χ4v) is 2.41. The Balaban J connectivity index is 2.06. The molecule has 0 saturated carbocycles. The minimum atomic E-state index is -1.07. The van der Waals surface area contributed by atoms with Crippen molar-refractivity contribution in [2.75, 3.05) is 13.1 Å². The Morgan fingerprint density at radius 2 is 1.96 bits per heavy atom. The number of halogens is 1. The fraction of sp³-hybridized carbons (Fsp3) is 0.300. The first-order valence-corrected chi connectivity index (χ1v) is 8.45. The van der Waals surface area contributed by atoms with Gasteiger partial charge in [0.25, 0.3) is 0 Å². The predicted molar refractivity (Wildman–Crippen MR) is 99.9 cm³/mol. The van der Waals surface area contributed by atoms with E-state index in [1.807, 2.05) is 43.3 Å². The van der Waals surface area contributed by atoms with E-state index in [4.69, 9.17) is 5.26 Å². The molecule has 0 fully saturated rings. The van der Waals surface area contributed by atoms with Crippen molar-refractivity contribution in [3.8, 4) is 6.07 Å². The molecule has 136 valence electrons. The molecule has 0 aliphatic rings. The van der Waals surface area contributed by atoms with E-state index in [1.165, 1.54) is 6.07 Å². The van der Waals surface area contributed by atoms with Crippen molar-refractivity contribution in [2.24, 2.45) is 4.99 Å². The van der Waals surface area contributed by atoms with Crippen molar-refractivity contribution < 1.29 is 9.50 Å². The Morgan fingerprint density at radius 1 is 1.23 bits per heavy atom. The maximum atomic E-state index is 14.0. The molecule has 0 amide bonds. The number of aliphatic hydroxyl groups is 1. The topological polar surface area (TPSA) is 80.4 Å². The lowest BCUT2D eigenvalue weighted by molar-refractivity contribution is 0.0617. The molecule has 0 saturated heterocycles. The maximum absolute atomic E-state index is 14.0. The second-order valence-corrected chi connectivity index (χ2v) is 6.11. The number of nitrogens with one attached hydrogen (secondary N) is 2. The van der Waals surface area contributed by atoms with Crippen LogP contribution < -0.4 is 10.6 Å². The van der Waals surface area contributed by atoms with Crippen LogP contribution in [-0.4, -0.2) is 24.2 Å². The third-order valence-corrected chi connectivity index (χ3v) is 3.93. The zero-order valence-corrected chi connectivity index (χ0v) is 15.0. The number of guanidine groups is 1. The van der Waals surface area contributed by atoms with Crippen LogP contribution in [0.25, 0.3) is 0 Å². The van der Waals surface area contributed by atoms with Gasteiger partial charge in [0.1, 0.15) is 11.4 Å². The molecule has 0 aliphatic heterocycles. The summed E-state index contributed by atoms with van der Waals surface area (Å²) < 4.78 is 14.0. The van der Waals surface area contributed by atoms with Gasteiger partial charge in [0.05, 0.1) is 24.7 Å². The number of nitriles is 1. The number of aliphatic imine (C=N–C) groups is 1. The molecule has 3 N–H and O–H groups in total. The quantitative estimate of drug-likeness (QED) is 0.550. The Kier molecular flexibility index (Phi) is 6.70. The summed E-state index contributed by atoms with van der Waals surface area (Å²) in [6.07, 6.45) is 0. The molecular weight excluding hydrogens is 331 g/mol. The summed E-state index contributed by atoms with van der Waals surface area (Å²) in [5.41, 5.74) is 0.397. The predicted octanol–water partition coefficient (Wildman–Crippen LogP) is 2.66. The monoisotopic (exact) mass is 354 g/mol. The molecule has 0 radical (unpaired) electrons. The number of hydrogen-bond donors (Lipinski definition) is 3. The molecule has 2 aromatic carbocycles. The summed E-state index contributed by atoms with van der Waals surface area (Å²) in [7, 11) is 0. The Labute approximate surface area is 153 Å². The van der Waals surface area contributed by atoms with Gasteiger partial charge in [0, 0.05) is 12.1 Å². The smallest absolute Gasteiger partial charge is 0.191 e. The highest BCUT2D eigenvalue weighted by atomic mass is 19.1. The lowest BCUT2D eigenvalue weighted by Gasteiger charge is -2.25. The van der Waals surface area contributed by atoms with E-state index >= 15 is 0 Å². The summed E-state index contributed by atoms with van der Waals surface area (Å²) in [5, 5.41) is 25.6. The van der Waals surface area contributed by atoms with Gasteiger partial charge in [0.15, 0.2) is 5.96 Å². The second kappa shape index (κ2) is 8.97. The molecule has 0 aliphatic carbocycles. The summed E-state index contributed by atoms with van der Waals surface area (Å²) in [6.45, 7) is 4.65. The molecule has 1 unspecified atom stereocenters. The standard InChI is InChI=1S/C20H23FN4O/c1-3-23-19(24-13-16-10-9-15(12-22)11-18(16)21)25-14-20(2,26)17-7-5-4-6-8-17/h4-11,26H,3,13-14H2,1-2H3,(H2,23,24,25). The largest absolute Gasteiger partial charge is 0.384 e. The SMILES string of the molecule is CCNC(=NCc1ccc(C#N)cc1F)NCC(C)(O)c1ccccc1. The van der Waals surface area contributed by atoms with Gasteiger partial charge in [-0.05, 0) is 31.5 Å². The van der Waals surface area contributed by atoms with E-state index in [0.29, 0.717) is 18.1 Å². The highest BCUT2D eigenvalue weighted by Crippen LogP contribution is 2.18. The van der Waals surface area contributed by atoms with E-state index in [-0.39, 0.29) is 18.7 Å². The number of nitrogens with zero attached hydrogens (tertiary/aromatic N) is 2. The molecule has 0 heterocycles. The first-order valence-electron chi connectivity index (χ1n) is 8.45. The summed E-state index contributed by atoms with van der Waals surface area (Å²) in [6, 6.07) is 15.6. The van der Waals surface area contributed by atoms with Gasteiger partial charge in [-0.15, -0.1) is 0 Å². The van der Waals surface area contributed by atoms with Crippen LogP contribution in [0.3, 0.4) is 0 Å². The average Bonchev–Trinajstić information content (AvgIpc) is 2.65. The average molecular weight is 354 g/mol. The number of benzene rings is 2. The zero-order valence-electron chi connectivity index (χ0n) is 15.0. The molecule has 6 heteroatoms. The van der Waals surface area contributed by atoms with E-state index in [2.05, 4.69) is 15.6 Å². The number of hydrogen-bond acceptors (Lipinski definition) is 3. The molecule has 26 heavy (non-hydrogen) atoms. The van der Waals surface area contributed by atoms with Crippen LogP contribution in [0.4, 0.5) is 4.39 Å². The maximum Gasteiger partial charge on any atom is 0.191 e. The third kappa shape index (κ3) is 5.30. The van der Waals surface area contributed by atoms with Crippen LogP contribution in [0.2, 0.25) is 0 Å². The van der Waals surface area contributed by atoms with Crippen LogP contribution >= 0.6 is 0 Å². The van der Waals surface area contributed by atoms with E-state index < -0.39 is 11.4 Å². The summed E-state index contributed by atoms with van der Waals surface area (Å²) in [4.78, 5) is 4.36. The van der Waals surface area contributed by atoms with Gasteiger partial charge in [-0.3, -0.25) is 0 Å². The van der Waals surface area contributed by atoms with Gasteiger partial charge in [-0.1, -0.05) is 36.4 Å². The first-order chi connectivity index (χ1) is 12.5. The van der Waals surface area contributed by atoms with Crippen LogP contribution in [0, 0.1) is 17.1 Å². The molecule has 2 aromatic rings. The van der Waals surface area contributed by atoms with Crippen molar-refractivity contribution in [1.82, 2.24) is 10.6 Å². The van der Waals surface area contributed by atoms with Gasteiger partial charge in [-0.25, -0.2) is 9.38 Å². The third-order valence-electron chi connectivity index (χ3n) is 3.93. The minimum absolute atomic E-state index is 0.125. The van der Waals surface area contributed by atoms with E-state index in [1.54, 1.807) is 19.1 Å². The Hall–Kier alpha value is -2.91. The van der Waals surface area contributed by atoms with Crippen LogP contribution in [0.5, 0.6) is 0 Å². The molecule has 0 bridgehead atoms. The van der Waals surface area contributed by atoms with Gasteiger partial charge in [0.2, 0.25) is 0 Å².